The number of amides is 1. The van der Waals surface area contributed by atoms with Gasteiger partial charge in [0.15, 0.2) is 0 Å². The minimum Gasteiger partial charge on any atom is -0.396 e. The maximum absolute atomic E-state index is 11.6. The Morgan fingerprint density at radius 2 is 2.38 bits per heavy atom. The summed E-state index contributed by atoms with van der Waals surface area (Å²) >= 11 is 7.01. The van der Waals surface area contributed by atoms with Crippen LogP contribution in [0.25, 0.3) is 0 Å². The number of carbonyl (C=O) groups excluding carboxylic acids is 1. The Labute approximate surface area is 104 Å². The Hall–Kier alpha value is -0.580. The van der Waals surface area contributed by atoms with Gasteiger partial charge in [0.2, 0.25) is 0 Å². The summed E-state index contributed by atoms with van der Waals surface area (Å²) in [6, 6.07) is 3.44. The van der Waals surface area contributed by atoms with E-state index < -0.39 is 0 Å². The lowest BCUT2D eigenvalue weighted by molar-refractivity contribution is 0.0956. The average molecular weight is 262 g/mol. The Morgan fingerprint density at radius 3 is 2.94 bits per heavy atom. The third kappa shape index (κ3) is 4.51. The molecule has 0 saturated heterocycles. The molecule has 1 unspecified atom stereocenters. The predicted octanol–water partition coefficient (Wildman–Crippen LogP) is 2.54. The number of halogens is 1. The van der Waals surface area contributed by atoms with Crippen LogP contribution in [0.3, 0.4) is 0 Å². The van der Waals surface area contributed by atoms with E-state index in [4.69, 9.17) is 16.7 Å². The van der Waals surface area contributed by atoms with E-state index in [1.165, 1.54) is 11.3 Å². The highest BCUT2D eigenvalue weighted by molar-refractivity contribution is 7.17. The zero-order valence-corrected chi connectivity index (χ0v) is 10.8. The van der Waals surface area contributed by atoms with Gasteiger partial charge in [-0.1, -0.05) is 18.5 Å². The lowest BCUT2D eigenvalue weighted by atomic mass is 10.1. The van der Waals surface area contributed by atoms with E-state index in [9.17, 15) is 4.79 Å². The number of aliphatic hydroxyl groups is 1. The van der Waals surface area contributed by atoms with Crippen molar-refractivity contribution in [2.45, 2.75) is 19.8 Å². The summed E-state index contributed by atoms with van der Waals surface area (Å²) in [5.41, 5.74) is 0. The van der Waals surface area contributed by atoms with Crippen LogP contribution in [0.4, 0.5) is 0 Å². The van der Waals surface area contributed by atoms with Crippen LogP contribution < -0.4 is 5.32 Å². The number of nitrogens with one attached hydrogen (secondary N) is 1. The molecule has 0 aromatic carbocycles. The van der Waals surface area contributed by atoms with Crippen molar-refractivity contribution in [1.82, 2.24) is 5.32 Å². The molecule has 0 bridgehead atoms. The number of thiophene rings is 1. The first-order valence-electron chi connectivity index (χ1n) is 5.28. The van der Waals surface area contributed by atoms with Crippen molar-refractivity contribution >= 4 is 28.8 Å². The predicted molar refractivity (Wildman–Crippen MR) is 67.1 cm³/mol. The van der Waals surface area contributed by atoms with Crippen molar-refractivity contribution in [3.05, 3.63) is 21.3 Å². The minimum atomic E-state index is -0.0754. The summed E-state index contributed by atoms with van der Waals surface area (Å²) < 4.78 is 0.624. The first-order valence-corrected chi connectivity index (χ1v) is 6.47. The SMILES string of the molecule is CC(CO)CCCNC(=O)c1ccc(Cl)s1. The molecule has 0 fully saturated rings. The second-order valence-corrected chi connectivity index (χ2v) is 5.50. The van der Waals surface area contributed by atoms with Crippen LogP contribution in [0.5, 0.6) is 0 Å². The summed E-state index contributed by atoms with van der Waals surface area (Å²) in [5, 5.41) is 11.6. The van der Waals surface area contributed by atoms with Crippen LogP contribution in [0.15, 0.2) is 12.1 Å². The van der Waals surface area contributed by atoms with Crippen molar-refractivity contribution in [2.75, 3.05) is 13.2 Å². The second-order valence-electron chi connectivity index (χ2n) is 3.79. The second kappa shape index (κ2) is 6.89. The molecule has 90 valence electrons. The number of carbonyl (C=O) groups is 1. The Kier molecular flexibility index (Phi) is 5.80. The van der Waals surface area contributed by atoms with Crippen LogP contribution in [0.1, 0.15) is 29.4 Å². The lowest BCUT2D eigenvalue weighted by Gasteiger charge is -2.07. The highest BCUT2D eigenvalue weighted by atomic mass is 35.5. The molecule has 1 amide bonds. The normalized spacial score (nSPS) is 12.4. The Bertz CT molecular complexity index is 340. The van der Waals surface area contributed by atoms with E-state index in [-0.39, 0.29) is 12.5 Å². The van der Waals surface area contributed by atoms with Gasteiger partial charge in [-0.3, -0.25) is 4.79 Å². The van der Waals surface area contributed by atoms with Crippen molar-refractivity contribution in [3.8, 4) is 0 Å². The molecule has 0 aliphatic rings. The van der Waals surface area contributed by atoms with E-state index in [1.54, 1.807) is 12.1 Å². The van der Waals surface area contributed by atoms with Gasteiger partial charge in [-0.15, -0.1) is 11.3 Å². The lowest BCUT2D eigenvalue weighted by Crippen LogP contribution is -2.24. The van der Waals surface area contributed by atoms with Crippen LogP contribution >= 0.6 is 22.9 Å². The van der Waals surface area contributed by atoms with Crippen LogP contribution in [0.2, 0.25) is 4.34 Å². The molecular formula is C11H16ClNO2S. The molecule has 0 aliphatic carbocycles. The van der Waals surface area contributed by atoms with Crippen molar-refractivity contribution < 1.29 is 9.90 Å². The number of hydrogen-bond donors (Lipinski definition) is 2. The van der Waals surface area contributed by atoms with E-state index in [2.05, 4.69) is 5.32 Å². The molecule has 1 aromatic rings. The highest BCUT2D eigenvalue weighted by Crippen LogP contribution is 2.21. The first-order chi connectivity index (χ1) is 7.63. The third-order valence-corrected chi connectivity index (χ3v) is 3.50. The summed E-state index contributed by atoms with van der Waals surface area (Å²) in [6.07, 6.45) is 1.80. The molecule has 0 spiro atoms. The minimum absolute atomic E-state index is 0.0754. The summed E-state index contributed by atoms with van der Waals surface area (Å²) in [5.74, 6) is 0.224. The van der Waals surface area contributed by atoms with E-state index in [0.717, 1.165) is 12.8 Å². The molecule has 5 heteroatoms. The average Bonchev–Trinajstić information content (AvgIpc) is 2.70. The van der Waals surface area contributed by atoms with Crippen molar-refractivity contribution in [2.24, 2.45) is 5.92 Å². The molecule has 0 saturated carbocycles. The molecule has 0 radical (unpaired) electrons. The molecule has 16 heavy (non-hydrogen) atoms. The summed E-state index contributed by atoms with van der Waals surface area (Å²) in [7, 11) is 0. The quantitative estimate of drug-likeness (QED) is 0.773. The third-order valence-electron chi connectivity index (χ3n) is 2.27. The fraction of sp³-hybridized carbons (Fsp3) is 0.545. The van der Waals surface area contributed by atoms with Gasteiger partial charge in [-0.05, 0) is 30.9 Å². The number of hydrogen-bond acceptors (Lipinski definition) is 3. The van der Waals surface area contributed by atoms with Gasteiger partial charge >= 0.3 is 0 Å². The van der Waals surface area contributed by atoms with E-state index >= 15 is 0 Å². The first kappa shape index (κ1) is 13.5. The van der Waals surface area contributed by atoms with Gasteiger partial charge in [0.25, 0.3) is 5.91 Å². The van der Waals surface area contributed by atoms with Gasteiger partial charge in [0.1, 0.15) is 0 Å². The largest absolute Gasteiger partial charge is 0.396 e. The zero-order chi connectivity index (χ0) is 12.0. The van der Waals surface area contributed by atoms with Gasteiger partial charge in [0.05, 0.1) is 9.21 Å². The van der Waals surface area contributed by atoms with E-state index in [1.807, 2.05) is 6.92 Å². The van der Waals surface area contributed by atoms with E-state index in [0.29, 0.717) is 21.7 Å². The Morgan fingerprint density at radius 1 is 1.62 bits per heavy atom. The molecule has 3 nitrogen and oxygen atoms in total. The van der Waals surface area contributed by atoms with Crippen LogP contribution in [-0.2, 0) is 0 Å². The summed E-state index contributed by atoms with van der Waals surface area (Å²) in [6.45, 7) is 2.83. The maximum Gasteiger partial charge on any atom is 0.261 e. The van der Waals surface area contributed by atoms with Gasteiger partial charge in [0, 0.05) is 13.2 Å². The smallest absolute Gasteiger partial charge is 0.261 e. The van der Waals surface area contributed by atoms with Crippen molar-refractivity contribution in [1.29, 1.82) is 0 Å². The fourth-order valence-corrected chi connectivity index (χ4v) is 2.23. The molecule has 1 heterocycles. The molecule has 2 N–H and O–H groups in total. The maximum atomic E-state index is 11.6. The zero-order valence-electron chi connectivity index (χ0n) is 9.20. The molecule has 1 rings (SSSR count). The Balaban J connectivity index is 2.21. The topological polar surface area (TPSA) is 49.3 Å². The van der Waals surface area contributed by atoms with Gasteiger partial charge in [-0.2, -0.15) is 0 Å². The van der Waals surface area contributed by atoms with Crippen LogP contribution in [-0.4, -0.2) is 24.2 Å². The van der Waals surface area contributed by atoms with Crippen LogP contribution in [0, 0.1) is 5.92 Å². The monoisotopic (exact) mass is 261 g/mol. The van der Waals surface area contributed by atoms with Gasteiger partial charge < -0.3 is 10.4 Å². The molecule has 1 atom stereocenters. The highest BCUT2D eigenvalue weighted by Gasteiger charge is 2.07. The molecule has 1 aromatic heterocycles. The molecule has 0 aliphatic heterocycles. The molecular weight excluding hydrogens is 246 g/mol. The number of aliphatic hydroxyl groups excluding tert-OH is 1. The number of rotatable bonds is 6. The fourth-order valence-electron chi connectivity index (χ4n) is 1.27. The van der Waals surface area contributed by atoms with Gasteiger partial charge in [-0.25, -0.2) is 0 Å². The summed E-state index contributed by atoms with van der Waals surface area (Å²) in [4.78, 5) is 12.2. The standard InChI is InChI=1S/C11H16ClNO2S/c1-8(7-14)3-2-6-13-11(15)9-4-5-10(12)16-9/h4-5,8,14H,2-3,6-7H2,1H3,(H,13,15). The van der Waals surface area contributed by atoms with Crippen molar-refractivity contribution in [3.63, 3.8) is 0 Å².